The summed E-state index contributed by atoms with van der Waals surface area (Å²) in [6.07, 6.45) is 71.5. The Balaban J connectivity index is 4.17. The molecule has 0 heterocycles. The fourth-order valence-corrected chi connectivity index (χ4v) is 9.22. The van der Waals surface area contributed by atoms with Crippen molar-refractivity contribution in [3.05, 3.63) is 36.5 Å². The number of unbranched alkanes of at least 4 members (excludes halogenated alkanes) is 40. The van der Waals surface area contributed by atoms with Crippen molar-refractivity contribution in [1.29, 1.82) is 0 Å². The van der Waals surface area contributed by atoms with Crippen molar-refractivity contribution >= 4 is 17.9 Å². The van der Waals surface area contributed by atoms with Gasteiger partial charge in [0.05, 0.1) is 0 Å². The van der Waals surface area contributed by atoms with Crippen LogP contribution in [-0.4, -0.2) is 37.2 Å². The number of ether oxygens (including phenoxy) is 3. The highest BCUT2D eigenvalue weighted by atomic mass is 16.6. The number of carbonyl (C=O) groups is 3. The third kappa shape index (κ3) is 56.5. The van der Waals surface area contributed by atoms with E-state index in [9.17, 15) is 14.4 Å². The number of allylic oxidation sites excluding steroid dienone is 6. The van der Waals surface area contributed by atoms with Gasteiger partial charge in [0, 0.05) is 19.3 Å². The van der Waals surface area contributed by atoms with Gasteiger partial charge in [-0.2, -0.15) is 0 Å². The van der Waals surface area contributed by atoms with E-state index in [-0.39, 0.29) is 31.1 Å². The van der Waals surface area contributed by atoms with Crippen LogP contribution < -0.4 is 0 Å². The molecule has 0 aliphatic carbocycles. The van der Waals surface area contributed by atoms with Gasteiger partial charge in [-0.3, -0.25) is 14.4 Å². The second-order valence-corrected chi connectivity index (χ2v) is 21.0. The van der Waals surface area contributed by atoms with Gasteiger partial charge in [0.15, 0.2) is 6.10 Å². The van der Waals surface area contributed by atoms with Crippen molar-refractivity contribution in [3.8, 4) is 0 Å². The first-order valence-corrected chi connectivity index (χ1v) is 31.0. The van der Waals surface area contributed by atoms with E-state index in [2.05, 4.69) is 57.2 Å². The van der Waals surface area contributed by atoms with Gasteiger partial charge < -0.3 is 14.2 Å². The molecule has 70 heavy (non-hydrogen) atoms. The molecule has 0 rings (SSSR count). The van der Waals surface area contributed by atoms with E-state index in [0.717, 1.165) is 70.6 Å². The summed E-state index contributed by atoms with van der Waals surface area (Å²) in [7, 11) is 0. The minimum atomic E-state index is -0.767. The Labute approximate surface area is 435 Å². The van der Waals surface area contributed by atoms with Crippen LogP contribution in [0.1, 0.15) is 335 Å². The monoisotopic (exact) mass is 983 g/mol. The zero-order valence-corrected chi connectivity index (χ0v) is 47.1. The van der Waals surface area contributed by atoms with Crippen molar-refractivity contribution < 1.29 is 28.6 Å². The zero-order valence-electron chi connectivity index (χ0n) is 47.1. The van der Waals surface area contributed by atoms with Crippen molar-refractivity contribution in [2.24, 2.45) is 0 Å². The minimum absolute atomic E-state index is 0.0669. The zero-order chi connectivity index (χ0) is 50.7. The first-order chi connectivity index (χ1) is 34.5. The smallest absolute Gasteiger partial charge is 0.306 e. The molecule has 0 aliphatic heterocycles. The SMILES string of the molecule is CCCCCCC/C=C\C/C=C\C/C=C\CCCCCCCCCCCCCCC(=O)OCC(COC(=O)CCCCCCCCCCCCC)OC(=O)CCCCCCCCCCCCCCCC. The van der Waals surface area contributed by atoms with E-state index in [1.807, 2.05) is 0 Å². The Morgan fingerprint density at radius 2 is 0.514 bits per heavy atom. The number of carbonyl (C=O) groups excluding carboxylic acids is 3. The quantitative estimate of drug-likeness (QED) is 0.0261. The molecule has 0 saturated heterocycles. The van der Waals surface area contributed by atoms with Gasteiger partial charge in [0.1, 0.15) is 13.2 Å². The molecule has 0 amide bonds. The van der Waals surface area contributed by atoms with Gasteiger partial charge in [-0.15, -0.1) is 0 Å². The molecule has 0 N–H and O–H groups in total. The molecule has 6 heteroatoms. The van der Waals surface area contributed by atoms with Gasteiger partial charge >= 0.3 is 17.9 Å². The summed E-state index contributed by atoms with van der Waals surface area (Å²) in [5.74, 6) is -0.849. The van der Waals surface area contributed by atoms with Crippen molar-refractivity contribution in [2.75, 3.05) is 13.2 Å². The molecule has 0 aromatic rings. The molecule has 0 aromatic heterocycles. The van der Waals surface area contributed by atoms with Gasteiger partial charge in [0.25, 0.3) is 0 Å². The lowest BCUT2D eigenvalue weighted by Crippen LogP contribution is -2.30. The van der Waals surface area contributed by atoms with E-state index in [0.29, 0.717) is 19.3 Å². The highest BCUT2D eigenvalue weighted by molar-refractivity contribution is 5.71. The predicted molar refractivity (Wildman–Crippen MR) is 302 cm³/mol. The average Bonchev–Trinajstić information content (AvgIpc) is 3.36. The Hall–Kier alpha value is -2.37. The molecule has 1 atom stereocenters. The highest BCUT2D eigenvalue weighted by Crippen LogP contribution is 2.17. The lowest BCUT2D eigenvalue weighted by atomic mass is 10.0. The summed E-state index contributed by atoms with van der Waals surface area (Å²) in [5.41, 5.74) is 0. The van der Waals surface area contributed by atoms with Crippen LogP contribution >= 0.6 is 0 Å². The first-order valence-electron chi connectivity index (χ1n) is 31.0. The van der Waals surface area contributed by atoms with Crippen LogP contribution in [0.2, 0.25) is 0 Å². The largest absolute Gasteiger partial charge is 0.462 e. The van der Waals surface area contributed by atoms with Gasteiger partial charge in [0.2, 0.25) is 0 Å². The maximum atomic E-state index is 12.8. The van der Waals surface area contributed by atoms with Crippen LogP contribution in [0, 0.1) is 0 Å². The standard InChI is InChI=1S/C64H118O6/c1-4-7-10-13-16-19-22-24-26-27-28-29-30-31-32-33-34-35-36-37-38-40-42-45-48-51-54-57-63(66)69-60-61(59-68-62(65)56-53-50-47-44-41-21-18-15-12-9-6-3)70-64(67)58-55-52-49-46-43-39-25-23-20-17-14-11-8-5-2/h22,24,27-28,30-31,61H,4-21,23,25-26,29,32-60H2,1-3H3/b24-22-,28-27-,31-30-. The van der Waals surface area contributed by atoms with Gasteiger partial charge in [-0.05, 0) is 57.8 Å². The molecule has 0 fully saturated rings. The van der Waals surface area contributed by atoms with Crippen LogP contribution in [0.25, 0.3) is 0 Å². The fraction of sp³-hybridized carbons (Fsp3) is 0.859. The molecular weight excluding hydrogens is 865 g/mol. The molecule has 6 nitrogen and oxygen atoms in total. The second kappa shape index (κ2) is 59.2. The minimum Gasteiger partial charge on any atom is -0.462 e. The lowest BCUT2D eigenvalue weighted by Gasteiger charge is -2.18. The molecule has 0 bridgehead atoms. The maximum absolute atomic E-state index is 12.8. The first kappa shape index (κ1) is 67.6. The number of rotatable bonds is 57. The summed E-state index contributed by atoms with van der Waals surface area (Å²) >= 11 is 0. The number of esters is 3. The summed E-state index contributed by atoms with van der Waals surface area (Å²) in [6.45, 7) is 6.67. The third-order valence-electron chi connectivity index (χ3n) is 13.9. The third-order valence-corrected chi connectivity index (χ3v) is 13.9. The van der Waals surface area contributed by atoms with Gasteiger partial charge in [-0.25, -0.2) is 0 Å². The van der Waals surface area contributed by atoms with E-state index in [4.69, 9.17) is 14.2 Å². The molecule has 0 spiro atoms. The van der Waals surface area contributed by atoms with Crippen molar-refractivity contribution in [3.63, 3.8) is 0 Å². The van der Waals surface area contributed by atoms with Crippen molar-refractivity contribution in [1.82, 2.24) is 0 Å². The van der Waals surface area contributed by atoms with Gasteiger partial charge in [-0.1, -0.05) is 295 Å². The van der Waals surface area contributed by atoms with Crippen LogP contribution in [-0.2, 0) is 28.6 Å². The van der Waals surface area contributed by atoms with E-state index < -0.39 is 6.10 Å². The Kier molecular flexibility index (Phi) is 57.2. The molecule has 0 radical (unpaired) electrons. The average molecular weight is 984 g/mol. The van der Waals surface area contributed by atoms with Crippen LogP contribution in [0.5, 0.6) is 0 Å². The van der Waals surface area contributed by atoms with Crippen molar-refractivity contribution in [2.45, 2.75) is 341 Å². The molecule has 1 unspecified atom stereocenters. The van der Waals surface area contributed by atoms with E-state index >= 15 is 0 Å². The topological polar surface area (TPSA) is 78.9 Å². The van der Waals surface area contributed by atoms with Crippen LogP contribution in [0.15, 0.2) is 36.5 Å². The second-order valence-electron chi connectivity index (χ2n) is 21.0. The molecule has 410 valence electrons. The molecular formula is C64H118O6. The Morgan fingerprint density at radius 3 is 0.800 bits per heavy atom. The lowest BCUT2D eigenvalue weighted by molar-refractivity contribution is -0.167. The summed E-state index contributed by atoms with van der Waals surface area (Å²) < 4.78 is 16.9. The fourth-order valence-electron chi connectivity index (χ4n) is 9.22. The molecule has 0 aliphatic rings. The van der Waals surface area contributed by atoms with Crippen LogP contribution in [0.3, 0.4) is 0 Å². The Bertz CT molecular complexity index is 1170. The molecule has 0 saturated carbocycles. The Morgan fingerprint density at radius 1 is 0.286 bits per heavy atom. The number of hydrogen-bond donors (Lipinski definition) is 0. The normalized spacial score (nSPS) is 12.2. The van der Waals surface area contributed by atoms with E-state index in [1.165, 1.54) is 225 Å². The maximum Gasteiger partial charge on any atom is 0.306 e. The highest BCUT2D eigenvalue weighted by Gasteiger charge is 2.19. The summed E-state index contributed by atoms with van der Waals surface area (Å²) in [5, 5.41) is 0. The summed E-state index contributed by atoms with van der Waals surface area (Å²) in [6, 6.07) is 0. The molecule has 0 aromatic carbocycles. The van der Waals surface area contributed by atoms with Crippen LogP contribution in [0.4, 0.5) is 0 Å². The summed E-state index contributed by atoms with van der Waals surface area (Å²) in [4.78, 5) is 38.1. The number of hydrogen-bond acceptors (Lipinski definition) is 6. The van der Waals surface area contributed by atoms with E-state index in [1.54, 1.807) is 0 Å². The predicted octanol–water partition coefficient (Wildman–Crippen LogP) is 20.8.